The van der Waals surface area contributed by atoms with E-state index in [9.17, 15) is 4.79 Å². The first-order chi connectivity index (χ1) is 4.18. The molecular formula is C5H12N2O2. The van der Waals surface area contributed by atoms with Crippen LogP contribution in [0.4, 0.5) is 0 Å². The summed E-state index contributed by atoms with van der Waals surface area (Å²) < 4.78 is 0. The Balaban J connectivity index is 0. The lowest BCUT2D eigenvalue weighted by Crippen LogP contribution is -2.06. The molecule has 0 heterocycles. The van der Waals surface area contributed by atoms with Crippen LogP contribution in [0.2, 0.25) is 0 Å². The molecule has 0 fully saturated rings. The highest BCUT2D eigenvalue weighted by Gasteiger charge is 1.68. The lowest BCUT2D eigenvalue weighted by Gasteiger charge is -1.93. The van der Waals surface area contributed by atoms with Crippen molar-refractivity contribution < 1.29 is 9.59 Å². The second-order valence-electron chi connectivity index (χ2n) is 1.48. The first-order valence-electron chi connectivity index (χ1n) is 2.41. The molecule has 0 atom stereocenters. The van der Waals surface area contributed by atoms with Crippen LogP contribution in [0.5, 0.6) is 0 Å². The van der Waals surface area contributed by atoms with Crippen molar-refractivity contribution in [3.63, 3.8) is 0 Å². The zero-order chi connectivity index (χ0) is 7.70. The van der Waals surface area contributed by atoms with Gasteiger partial charge in [0.05, 0.1) is 0 Å². The van der Waals surface area contributed by atoms with E-state index >= 15 is 0 Å². The minimum atomic E-state index is 0.625. The SMILES string of the molecule is CN(C)C=O.CNC=O. The molecule has 0 aliphatic rings. The standard InChI is InChI=1S/C3H7NO.C2H5NO/c1-4(2)3-5;1-3-2-4/h3H,1-2H3;2H,1H3,(H,3,4). The molecule has 0 spiro atoms. The number of nitrogens with one attached hydrogen (secondary N) is 1. The molecule has 0 saturated carbocycles. The molecule has 4 nitrogen and oxygen atoms in total. The Morgan fingerprint density at radius 3 is 1.56 bits per heavy atom. The van der Waals surface area contributed by atoms with Crippen molar-refractivity contribution in [2.45, 2.75) is 0 Å². The molecule has 0 aromatic rings. The van der Waals surface area contributed by atoms with Gasteiger partial charge in [0.2, 0.25) is 12.8 Å². The van der Waals surface area contributed by atoms with E-state index in [1.54, 1.807) is 21.1 Å². The van der Waals surface area contributed by atoms with E-state index in [0.29, 0.717) is 6.41 Å². The topological polar surface area (TPSA) is 49.4 Å². The molecule has 0 aromatic carbocycles. The third-order valence-electron chi connectivity index (χ3n) is 0.329. The highest BCUT2D eigenvalue weighted by atomic mass is 16.1. The van der Waals surface area contributed by atoms with Gasteiger partial charge in [-0.3, -0.25) is 9.59 Å². The van der Waals surface area contributed by atoms with Gasteiger partial charge in [0, 0.05) is 21.1 Å². The zero-order valence-corrected chi connectivity index (χ0v) is 5.92. The Kier molecular flexibility index (Phi) is 12.1. The predicted octanol–water partition coefficient (Wildman–Crippen LogP) is -0.933. The molecule has 0 saturated heterocycles. The van der Waals surface area contributed by atoms with Crippen LogP contribution < -0.4 is 5.32 Å². The summed E-state index contributed by atoms with van der Waals surface area (Å²) in [6, 6.07) is 0. The van der Waals surface area contributed by atoms with Crippen molar-refractivity contribution in [3.05, 3.63) is 0 Å². The fourth-order valence-electron chi connectivity index (χ4n) is 0. The number of carbonyl (C=O) groups is 2. The van der Waals surface area contributed by atoms with Crippen LogP contribution in [0.15, 0.2) is 0 Å². The van der Waals surface area contributed by atoms with Gasteiger partial charge in [-0.2, -0.15) is 0 Å². The predicted molar refractivity (Wildman–Crippen MR) is 34.9 cm³/mol. The fraction of sp³-hybridized carbons (Fsp3) is 0.600. The summed E-state index contributed by atoms with van der Waals surface area (Å²) in [5, 5.41) is 2.25. The number of amides is 2. The van der Waals surface area contributed by atoms with Crippen LogP contribution in [-0.2, 0) is 9.59 Å². The van der Waals surface area contributed by atoms with Crippen molar-refractivity contribution in [2.24, 2.45) is 0 Å². The van der Waals surface area contributed by atoms with Crippen molar-refractivity contribution >= 4 is 12.8 Å². The number of rotatable bonds is 2. The lowest BCUT2D eigenvalue weighted by molar-refractivity contribution is -0.116. The third kappa shape index (κ3) is 45.0. The number of hydrogen-bond acceptors (Lipinski definition) is 2. The third-order valence-corrected chi connectivity index (χ3v) is 0.329. The van der Waals surface area contributed by atoms with Crippen molar-refractivity contribution in [2.75, 3.05) is 21.1 Å². The lowest BCUT2D eigenvalue weighted by atomic mass is 11.0. The average molecular weight is 132 g/mol. The molecule has 4 heteroatoms. The maximum atomic E-state index is 9.43. The van der Waals surface area contributed by atoms with Crippen LogP contribution >= 0.6 is 0 Å². The summed E-state index contributed by atoms with van der Waals surface area (Å²) in [4.78, 5) is 19.9. The summed E-state index contributed by atoms with van der Waals surface area (Å²) >= 11 is 0. The molecule has 2 amide bonds. The highest BCUT2D eigenvalue weighted by Crippen LogP contribution is 1.52. The number of hydrogen-bond donors (Lipinski definition) is 1. The molecule has 0 bridgehead atoms. The molecule has 0 rings (SSSR count). The average Bonchev–Trinajstić information content (AvgIpc) is 1.89. The van der Waals surface area contributed by atoms with Crippen molar-refractivity contribution in [1.82, 2.24) is 10.2 Å². The molecule has 9 heavy (non-hydrogen) atoms. The number of carbonyl (C=O) groups excluding carboxylic acids is 2. The monoisotopic (exact) mass is 132 g/mol. The van der Waals surface area contributed by atoms with Gasteiger partial charge in [-0.1, -0.05) is 0 Å². The molecule has 0 aliphatic heterocycles. The minimum absolute atomic E-state index is 0.625. The Morgan fingerprint density at radius 1 is 1.33 bits per heavy atom. The maximum absolute atomic E-state index is 9.43. The van der Waals surface area contributed by atoms with Gasteiger partial charge in [0.15, 0.2) is 0 Å². The van der Waals surface area contributed by atoms with E-state index < -0.39 is 0 Å². The molecule has 1 N–H and O–H groups in total. The minimum Gasteiger partial charge on any atom is -0.362 e. The summed E-state index contributed by atoms with van der Waals surface area (Å²) in [5.74, 6) is 0. The first kappa shape index (κ1) is 10.8. The summed E-state index contributed by atoms with van der Waals surface area (Å²) in [7, 11) is 4.94. The maximum Gasteiger partial charge on any atom is 0.209 e. The van der Waals surface area contributed by atoms with Crippen LogP contribution in [0.25, 0.3) is 0 Å². The van der Waals surface area contributed by atoms with Crippen LogP contribution in [0.1, 0.15) is 0 Å². The van der Waals surface area contributed by atoms with Crippen LogP contribution in [0, 0.1) is 0 Å². The van der Waals surface area contributed by atoms with Gasteiger partial charge < -0.3 is 10.2 Å². The first-order valence-corrected chi connectivity index (χ1v) is 2.41. The van der Waals surface area contributed by atoms with Gasteiger partial charge in [0.1, 0.15) is 0 Å². The molecule has 54 valence electrons. The van der Waals surface area contributed by atoms with E-state index in [4.69, 9.17) is 4.79 Å². The molecule has 0 aromatic heterocycles. The Morgan fingerprint density at radius 2 is 1.56 bits per heavy atom. The largest absolute Gasteiger partial charge is 0.362 e. The Hall–Kier alpha value is -1.06. The van der Waals surface area contributed by atoms with Crippen molar-refractivity contribution in [3.8, 4) is 0 Å². The second-order valence-corrected chi connectivity index (χ2v) is 1.48. The smallest absolute Gasteiger partial charge is 0.209 e. The summed E-state index contributed by atoms with van der Waals surface area (Å²) in [6.45, 7) is 0. The van der Waals surface area contributed by atoms with Gasteiger partial charge in [-0.15, -0.1) is 0 Å². The van der Waals surface area contributed by atoms with E-state index in [0.717, 1.165) is 6.41 Å². The van der Waals surface area contributed by atoms with Gasteiger partial charge in [0.25, 0.3) is 0 Å². The molecular weight excluding hydrogens is 120 g/mol. The van der Waals surface area contributed by atoms with E-state index in [1.807, 2.05) is 0 Å². The van der Waals surface area contributed by atoms with Gasteiger partial charge in [-0.05, 0) is 0 Å². The van der Waals surface area contributed by atoms with E-state index in [-0.39, 0.29) is 0 Å². The van der Waals surface area contributed by atoms with Crippen molar-refractivity contribution in [1.29, 1.82) is 0 Å². The normalized spacial score (nSPS) is 6.11. The summed E-state index contributed by atoms with van der Waals surface area (Å²) in [5.41, 5.74) is 0. The van der Waals surface area contributed by atoms with E-state index in [2.05, 4.69) is 5.32 Å². The second kappa shape index (κ2) is 10.0. The zero-order valence-electron chi connectivity index (χ0n) is 5.92. The molecule has 0 aliphatic carbocycles. The Bertz CT molecular complexity index is 73.4. The summed E-state index contributed by atoms with van der Waals surface area (Å²) in [6.07, 6.45) is 1.38. The van der Waals surface area contributed by atoms with E-state index in [1.165, 1.54) is 4.90 Å². The fourth-order valence-corrected chi connectivity index (χ4v) is 0. The van der Waals surface area contributed by atoms with Gasteiger partial charge in [-0.25, -0.2) is 0 Å². The molecule has 0 unspecified atom stereocenters. The quantitative estimate of drug-likeness (QED) is 0.493. The number of nitrogens with zero attached hydrogens (tertiary/aromatic N) is 1. The van der Waals surface area contributed by atoms with Crippen LogP contribution in [0.3, 0.4) is 0 Å². The molecule has 0 radical (unpaired) electrons. The van der Waals surface area contributed by atoms with Gasteiger partial charge >= 0.3 is 0 Å². The van der Waals surface area contributed by atoms with Crippen LogP contribution in [-0.4, -0.2) is 38.9 Å². The Labute approximate surface area is 54.8 Å². The highest BCUT2D eigenvalue weighted by molar-refractivity contribution is 5.45.